The molecule has 1 aliphatic carbocycles. The number of nitrogens with zero attached hydrogens (tertiary/aromatic N) is 6. The summed E-state index contributed by atoms with van der Waals surface area (Å²) in [6.07, 6.45) is 10.5. The number of nitrogens with one attached hydrogen (secondary N) is 1. The molecule has 0 aliphatic heterocycles. The van der Waals surface area contributed by atoms with Crippen molar-refractivity contribution < 1.29 is 9.53 Å². The van der Waals surface area contributed by atoms with Crippen molar-refractivity contribution in [2.24, 2.45) is 0 Å². The molecule has 0 saturated heterocycles. The van der Waals surface area contributed by atoms with E-state index in [1.807, 2.05) is 48.8 Å². The highest BCUT2D eigenvalue weighted by Crippen LogP contribution is 2.39. The molecule has 194 valence electrons. The molecular formula is C29H31N7O2. The molecule has 3 aromatic heterocycles. The fourth-order valence-corrected chi connectivity index (χ4v) is 4.96. The van der Waals surface area contributed by atoms with E-state index in [1.165, 1.54) is 25.0 Å². The maximum Gasteiger partial charge on any atom is 0.210 e. The summed E-state index contributed by atoms with van der Waals surface area (Å²) in [5.41, 5.74) is 6.49. The van der Waals surface area contributed by atoms with Crippen LogP contribution in [-0.4, -0.2) is 41.5 Å². The largest absolute Gasteiger partial charge is 0.489 e. The molecule has 0 amide bonds. The normalized spacial score (nSPS) is 13.6. The van der Waals surface area contributed by atoms with E-state index < -0.39 is 0 Å². The molecule has 3 heterocycles. The topological polar surface area (TPSA) is 111 Å². The Kier molecular flexibility index (Phi) is 7.82. The smallest absolute Gasteiger partial charge is 0.210 e. The molecule has 9 heteroatoms. The van der Waals surface area contributed by atoms with Crippen molar-refractivity contribution >= 4 is 11.9 Å². The number of H-pyrrole nitrogens is 1. The van der Waals surface area contributed by atoms with Gasteiger partial charge >= 0.3 is 0 Å². The molecule has 9 nitrogen and oxygen atoms in total. The summed E-state index contributed by atoms with van der Waals surface area (Å²) in [6.45, 7) is 4.44. The minimum atomic E-state index is 0.405. The van der Waals surface area contributed by atoms with Gasteiger partial charge in [-0.1, -0.05) is 69.5 Å². The minimum absolute atomic E-state index is 0.405. The molecule has 5 aromatic rings. The molecule has 6 rings (SSSR count). The monoisotopic (exact) mass is 509 g/mol. The molecule has 1 N–H and O–H groups in total. The number of hydrogen-bond acceptors (Lipinski definition) is 7. The number of fused-ring (bicyclic) bond motifs is 1. The van der Waals surface area contributed by atoms with Crippen molar-refractivity contribution in [1.82, 2.24) is 35.2 Å². The lowest BCUT2D eigenvalue weighted by Crippen LogP contribution is -2.12. The molecule has 0 bridgehead atoms. The molecular weight excluding hydrogens is 478 g/mol. The Balaban J connectivity index is 0.00000144. The molecule has 0 spiro atoms. The second kappa shape index (κ2) is 11.8. The summed E-state index contributed by atoms with van der Waals surface area (Å²) in [5.74, 6) is 1.68. The standard InChI is InChI=1S/C27H25N7O2.C2H6/c35-16-18-6-8-19(9-7-18)17-36-22-12-10-20(11-13-22)23-14-28-27-24(26-30-32-33-31-26)15-29-34(27)25(23)21-4-2-1-3-5-21;1-2/h6-16,21H,1-5,17H2,(H,30,31,32,33);1-2H3. The zero-order valence-electron chi connectivity index (χ0n) is 21.7. The van der Waals surface area contributed by atoms with E-state index in [4.69, 9.17) is 14.8 Å². The van der Waals surface area contributed by atoms with Crippen LogP contribution in [-0.2, 0) is 6.61 Å². The number of tetrazole rings is 1. The van der Waals surface area contributed by atoms with Crippen LogP contribution in [0.25, 0.3) is 28.2 Å². The Bertz CT molecular complexity index is 1470. The van der Waals surface area contributed by atoms with Gasteiger partial charge < -0.3 is 4.74 Å². The molecule has 0 unspecified atom stereocenters. The first kappa shape index (κ1) is 25.3. The van der Waals surface area contributed by atoms with Crippen LogP contribution in [0.5, 0.6) is 5.75 Å². The van der Waals surface area contributed by atoms with Gasteiger partial charge in [-0.15, -0.1) is 10.2 Å². The second-order valence-electron chi connectivity index (χ2n) is 9.09. The average molecular weight is 510 g/mol. The summed E-state index contributed by atoms with van der Waals surface area (Å²) in [4.78, 5) is 15.6. The molecule has 2 aromatic carbocycles. The van der Waals surface area contributed by atoms with Gasteiger partial charge in [0.05, 0.1) is 17.5 Å². The van der Waals surface area contributed by atoms with Gasteiger partial charge in [0.2, 0.25) is 5.82 Å². The van der Waals surface area contributed by atoms with Crippen LogP contribution in [0.1, 0.15) is 73.5 Å². The quantitative estimate of drug-likeness (QED) is 0.266. The highest BCUT2D eigenvalue weighted by atomic mass is 16.5. The lowest BCUT2D eigenvalue weighted by atomic mass is 9.84. The highest BCUT2D eigenvalue weighted by molar-refractivity contribution is 5.76. The van der Waals surface area contributed by atoms with E-state index in [9.17, 15) is 4.79 Å². The maximum absolute atomic E-state index is 10.8. The summed E-state index contributed by atoms with van der Waals surface area (Å²) in [5, 5.41) is 19.1. The predicted octanol–water partition coefficient (Wildman–Crippen LogP) is 6.04. The number of aromatic amines is 1. The van der Waals surface area contributed by atoms with Crippen molar-refractivity contribution in [2.75, 3.05) is 0 Å². The van der Waals surface area contributed by atoms with Crippen molar-refractivity contribution in [3.05, 3.63) is 77.7 Å². The average Bonchev–Trinajstić information content (AvgIpc) is 3.68. The van der Waals surface area contributed by atoms with E-state index >= 15 is 0 Å². The zero-order chi connectivity index (χ0) is 26.3. The fourth-order valence-electron chi connectivity index (χ4n) is 4.96. The van der Waals surface area contributed by atoms with Crippen LogP contribution >= 0.6 is 0 Å². The van der Waals surface area contributed by atoms with Crippen molar-refractivity contribution in [3.63, 3.8) is 0 Å². The number of benzene rings is 2. The maximum atomic E-state index is 10.8. The third kappa shape index (κ3) is 5.18. The summed E-state index contributed by atoms with van der Waals surface area (Å²) >= 11 is 0. The molecule has 1 aliphatic rings. The van der Waals surface area contributed by atoms with Crippen LogP contribution in [0.15, 0.2) is 60.9 Å². The molecule has 38 heavy (non-hydrogen) atoms. The van der Waals surface area contributed by atoms with E-state index in [2.05, 4.69) is 32.8 Å². The van der Waals surface area contributed by atoms with Crippen LogP contribution in [0.2, 0.25) is 0 Å². The summed E-state index contributed by atoms with van der Waals surface area (Å²) < 4.78 is 7.94. The van der Waals surface area contributed by atoms with E-state index in [1.54, 1.807) is 18.3 Å². The van der Waals surface area contributed by atoms with Gasteiger partial charge in [0.15, 0.2) is 5.65 Å². The molecule has 1 fully saturated rings. The zero-order valence-corrected chi connectivity index (χ0v) is 21.7. The Labute approximate surface area is 221 Å². The lowest BCUT2D eigenvalue weighted by Gasteiger charge is -2.25. The summed E-state index contributed by atoms with van der Waals surface area (Å²) in [6, 6.07) is 15.5. The highest BCUT2D eigenvalue weighted by Gasteiger charge is 2.25. The number of carbonyl (C=O) groups is 1. The van der Waals surface area contributed by atoms with E-state index in [0.717, 1.165) is 52.8 Å². The van der Waals surface area contributed by atoms with Gasteiger partial charge in [-0.2, -0.15) is 10.3 Å². The van der Waals surface area contributed by atoms with Crippen LogP contribution < -0.4 is 4.74 Å². The van der Waals surface area contributed by atoms with Crippen LogP contribution in [0.4, 0.5) is 0 Å². The number of carbonyl (C=O) groups excluding carboxylic acids is 1. The van der Waals surface area contributed by atoms with Gasteiger partial charge in [0.1, 0.15) is 18.6 Å². The fraction of sp³-hybridized carbons (Fsp3) is 0.310. The molecule has 0 atom stereocenters. The number of aldehydes is 1. The van der Waals surface area contributed by atoms with Crippen LogP contribution in [0.3, 0.4) is 0 Å². The Hall–Kier alpha value is -4.40. The Morgan fingerprint density at radius 3 is 2.42 bits per heavy atom. The number of aromatic nitrogens is 7. The number of rotatable bonds is 7. The number of hydrogen-bond donors (Lipinski definition) is 1. The van der Waals surface area contributed by atoms with Crippen molar-refractivity contribution in [3.8, 4) is 28.3 Å². The van der Waals surface area contributed by atoms with E-state index in [0.29, 0.717) is 23.9 Å². The van der Waals surface area contributed by atoms with Gasteiger partial charge in [-0.25, -0.2) is 9.50 Å². The Morgan fingerprint density at radius 1 is 0.974 bits per heavy atom. The van der Waals surface area contributed by atoms with Gasteiger partial charge in [0, 0.05) is 23.2 Å². The minimum Gasteiger partial charge on any atom is -0.489 e. The Morgan fingerprint density at radius 2 is 1.74 bits per heavy atom. The second-order valence-corrected chi connectivity index (χ2v) is 9.09. The summed E-state index contributed by atoms with van der Waals surface area (Å²) in [7, 11) is 0. The first-order valence-electron chi connectivity index (χ1n) is 13.2. The molecule has 0 radical (unpaired) electrons. The van der Waals surface area contributed by atoms with Gasteiger partial charge in [-0.05, 0) is 41.3 Å². The third-order valence-electron chi connectivity index (χ3n) is 6.83. The van der Waals surface area contributed by atoms with Crippen molar-refractivity contribution in [1.29, 1.82) is 0 Å². The van der Waals surface area contributed by atoms with E-state index in [-0.39, 0.29) is 0 Å². The molecule has 1 saturated carbocycles. The van der Waals surface area contributed by atoms with Crippen LogP contribution in [0, 0.1) is 0 Å². The predicted molar refractivity (Wildman–Crippen MR) is 145 cm³/mol. The van der Waals surface area contributed by atoms with Crippen molar-refractivity contribution in [2.45, 2.75) is 58.5 Å². The first-order chi connectivity index (χ1) is 18.8. The number of ether oxygens (including phenoxy) is 1. The van der Waals surface area contributed by atoms with Gasteiger partial charge in [-0.3, -0.25) is 4.79 Å². The lowest BCUT2D eigenvalue weighted by molar-refractivity contribution is 0.112. The first-order valence-corrected chi connectivity index (χ1v) is 13.2. The SMILES string of the molecule is CC.O=Cc1ccc(COc2ccc(-c3cnc4c(-c5nn[nH]n5)cnn4c3C3CCCCC3)cc2)cc1. The van der Waals surface area contributed by atoms with Gasteiger partial charge in [0.25, 0.3) is 0 Å². The third-order valence-corrected chi connectivity index (χ3v) is 6.83.